The number of halogens is 1. The number of rotatable bonds is 7. The maximum Gasteiger partial charge on any atom is 0.410 e. The molecule has 2 unspecified atom stereocenters. The van der Waals surface area contributed by atoms with Gasteiger partial charge in [-0.1, -0.05) is 42.5 Å². The van der Waals surface area contributed by atoms with E-state index in [9.17, 15) is 19.6 Å². The van der Waals surface area contributed by atoms with Crippen LogP contribution in [0.2, 0.25) is 0 Å². The summed E-state index contributed by atoms with van der Waals surface area (Å²) in [5, 5.41) is 15.7. The van der Waals surface area contributed by atoms with Crippen LogP contribution in [0.4, 0.5) is 26.5 Å². The van der Waals surface area contributed by atoms with E-state index < -0.39 is 35.8 Å². The Morgan fingerprint density at radius 3 is 2.44 bits per heavy atom. The van der Waals surface area contributed by atoms with Gasteiger partial charge in [0, 0.05) is 19.3 Å². The lowest BCUT2D eigenvalue weighted by Crippen LogP contribution is -2.60. The first kappa shape index (κ1) is 29.3. The average Bonchev–Trinajstić information content (AvgIpc) is 3.31. The molecule has 0 radical (unpaired) electrons. The number of hydrogen-bond donors (Lipinski definition) is 2. The van der Waals surface area contributed by atoms with Gasteiger partial charge in [0.15, 0.2) is 17.5 Å². The highest BCUT2D eigenvalue weighted by Gasteiger charge is 2.46. The number of imide groups is 1. The van der Waals surface area contributed by atoms with E-state index in [1.807, 2.05) is 43.3 Å². The highest BCUT2D eigenvalue weighted by atomic mass is 19.1. The van der Waals surface area contributed by atoms with Crippen LogP contribution in [0.1, 0.15) is 43.8 Å². The fraction of sp³-hybridized carbons (Fsp3) is 0.212. The zero-order chi connectivity index (χ0) is 31.5. The number of fused-ring (bicyclic) bond motifs is 1. The number of nitrogens with one attached hydrogen (secondary N) is 2. The number of pyridine rings is 2. The normalized spacial score (nSPS) is 17.4. The number of aryl methyl sites for hydroxylation is 1. The van der Waals surface area contributed by atoms with Gasteiger partial charge in [0.25, 0.3) is 11.8 Å². The van der Waals surface area contributed by atoms with E-state index in [-0.39, 0.29) is 54.4 Å². The zero-order valence-electron chi connectivity index (χ0n) is 24.2. The number of benzene rings is 2. The number of aromatic nitrogens is 2. The van der Waals surface area contributed by atoms with Gasteiger partial charge in [0.05, 0.1) is 40.7 Å². The van der Waals surface area contributed by atoms with E-state index in [1.165, 1.54) is 4.90 Å². The number of hydrogen-bond acceptors (Lipinski definition) is 9. The monoisotopic (exact) mass is 605 g/mol. The number of anilines is 3. The van der Waals surface area contributed by atoms with Crippen molar-refractivity contribution < 1.29 is 23.5 Å². The predicted molar refractivity (Wildman–Crippen MR) is 162 cm³/mol. The number of nitrogens with zero attached hydrogens (tertiary/aromatic N) is 5. The minimum Gasteiger partial charge on any atom is -0.445 e. The SMILES string of the molecule is Cc1cncc(Nc2nc(NC3CCN(C(=O)OCc4ccccc4)CC3N3C(=O)c4ccccc4C3=O)c(F)cc2C#N)c1. The molecule has 1 fully saturated rings. The largest absolute Gasteiger partial charge is 0.445 e. The summed E-state index contributed by atoms with van der Waals surface area (Å²) >= 11 is 0. The second kappa shape index (κ2) is 12.4. The van der Waals surface area contributed by atoms with E-state index >= 15 is 4.39 Å². The van der Waals surface area contributed by atoms with Crippen molar-refractivity contribution in [3.8, 4) is 6.07 Å². The van der Waals surface area contributed by atoms with Gasteiger partial charge in [-0.2, -0.15) is 5.26 Å². The number of carbonyl (C=O) groups is 3. The van der Waals surface area contributed by atoms with Crippen molar-refractivity contribution >= 4 is 35.2 Å². The van der Waals surface area contributed by atoms with E-state index in [0.29, 0.717) is 5.69 Å². The van der Waals surface area contributed by atoms with Crippen LogP contribution in [0, 0.1) is 24.1 Å². The van der Waals surface area contributed by atoms with E-state index in [0.717, 1.165) is 22.1 Å². The zero-order valence-corrected chi connectivity index (χ0v) is 24.2. The quantitative estimate of drug-likeness (QED) is 0.278. The van der Waals surface area contributed by atoms with Gasteiger partial charge < -0.3 is 20.3 Å². The summed E-state index contributed by atoms with van der Waals surface area (Å²) < 4.78 is 20.9. The average molecular weight is 606 g/mol. The molecule has 2 aliphatic heterocycles. The first-order valence-corrected chi connectivity index (χ1v) is 14.3. The number of nitriles is 1. The van der Waals surface area contributed by atoms with Crippen LogP contribution in [-0.2, 0) is 11.3 Å². The van der Waals surface area contributed by atoms with Crippen molar-refractivity contribution in [2.24, 2.45) is 0 Å². The van der Waals surface area contributed by atoms with Gasteiger partial charge in [-0.05, 0) is 48.7 Å². The molecule has 4 heterocycles. The first-order valence-electron chi connectivity index (χ1n) is 14.3. The molecular weight excluding hydrogens is 577 g/mol. The molecule has 45 heavy (non-hydrogen) atoms. The number of ether oxygens (including phenoxy) is 1. The van der Waals surface area contributed by atoms with Crippen molar-refractivity contribution in [2.75, 3.05) is 23.7 Å². The lowest BCUT2D eigenvalue weighted by Gasteiger charge is -2.41. The van der Waals surface area contributed by atoms with Crippen LogP contribution in [0.5, 0.6) is 0 Å². The van der Waals surface area contributed by atoms with Gasteiger partial charge in [-0.15, -0.1) is 0 Å². The third kappa shape index (κ3) is 6.01. The minimum absolute atomic E-state index is 0.0209. The molecule has 2 N–H and O–H groups in total. The Hall–Kier alpha value is -5.83. The Balaban J connectivity index is 1.28. The van der Waals surface area contributed by atoms with Crippen LogP contribution < -0.4 is 10.6 Å². The number of carbonyl (C=O) groups excluding carboxylic acids is 3. The second-order valence-corrected chi connectivity index (χ2v) is 10.8. The van der Waals surface area contributed by atoms with Crippen molar-refractivity contribution in [1.29, 1.82) is 5.26 Å². The molecule has 1 saturated heterocycles. The summed E-state index contributed by atoms with van der Waals surface area (Å²) in [5.74, 6) is -1.87. The number of piperidine rings is 1. The van der Waals surface area contributed by atoms with Gasteiger partial charge in [-0.3, -0.25) is 19.5 Å². The topological polar surface area (TPSA) is 141 Å². The molecule has 0 saturated carbocycles. The molecule has 0 spiro atoms. The van der Waals surface area contributed by atoms with Crippen LogP contribution in [-0.4, -0.2) is 62.8 Å². The van der Waals surface area contributed by atoms with E-state index in [1.54, 1.807) is 42.7 Å². The van der Waals surface area contributed by atoms with Gasteiger partial charge in [0.1, 0.15) is 12.7 Å². The molecule has 0 bridgehead atoms. The van der Waals surface area contributed by atoms with Crippen LogP contribution in [0.15, 0.2) is 79.1 Å². The highest BCUT2D eigenvalue weighted by molar-refractivity contribution is 6.21. The molecular formula is C33H28FN7O4. The fourth-order valence-corrected chi connectivity index (χ4v) is 5.55. The second-order valence-electron chi connectivity index (χ2n) is 10.8. The maximum atomic E-state index is 15.4. The Labute approximate surface area is 258 Å². The highest BCUT2D eigenvalue weighted by Crippen LogP contribution is 2.31. The predicted octanol–water partition coefficient (Wildman–Crippen LogP) is 5.03. The summed E-state index contributed by atoms with van der Waals surface area (Å²) in [5.41, 5.74) is 2.73. The lowest BCUT2D eigenvalue weighted by atomic mass is 9.97. The van der Waals surface area contributed by atoms with Gasteiger partial charge >= 0.3 is 6.09 Å². The summed E-state index contributed by atoms with van der Waals surface area (Å²) in [6.07, 6.45) is 2.87. The molecule has 2 aromatic carbocycles. The molecule has 2 aliphatic rings. The molecule has 226 valence electrons. The molecule has 2 atom stereocenters. The maximum absolute atomic E-state index is 15.4. The molecule has 11 nitrogen and oxygen atoms in total. The Kier molecular flexibility index (Phi) is 8.07. The number of likely N-dealkylation sites (tertiary alicyclic amines) is 1. The van der Waals surface area contributed by atoms with E-state index in [2.05, 4.69) is 20.6 Å². The third-order valence-electron chi connectivity index (χ3n) is 7.76. The first-order chi connectivity index (χ1) is 21.8. The van der Waals surface area contributed by atoms with Crippen molar-refractivity contribution in [3.63, 3.8) is 0 Å². The van der Waals surface area contributed by atoms with Crippen LogP contribution in [0.25, 0.3) is 0 Å². The van der Waals surface area contributed by atoms with E-state index in [4.69, 9.17) is 4.74 Å². The Morgan fingerprint density at radius 2 is 1.76 bits per heavy atom. The van der Waals surface area contributed by atoms with Crippen molar-refractivity contribution in [1.82, 2.24) is 19.8 Å². The molecule has 4 aromatic rings. The molecule has 6 rings (SSSR count). The van der Waals surface area contributed by atoms with Crippen molar-refractivity contribution in [3.05, 3.63) is 113 Å². The lowest BCUT2D eigenvalue weighted by molar-refractivity contribution is 0.0400. The third-order valence-corrected chi connectivity index (χ3v) is 7.76. The molecule has 12 heteroatoms. The van der Waals surface area contributed by atoms with Crippen LogP contribution in [0.3, 0.4) is 0 Å². The Morgan fingerprint density at radius 1 is 1.04 bits per heavy atom. The standard InChI is InChI=1S/C33H28FN7O4/c1-20-13-23(17-36-16-20)37-29-22(15-35)14-26(34)30(39-29)38-27-11-12-40(33(44)45-19-21-7-3-2-4-8-21)18-28(27)41-31(42)24-9-5-6-10-25(24)32(41)43/h2-10,13-14,16-17,27-28H,11-12,18-19H2,1H3,(H2,37,38,39). The fourth-order valence-electron chi connectivity index (χ4n) is 5.55. The molecule has 0 aliphatic carbocycles. The summed E-state index contributed by atoms with van der Waals surface area (Å²) in [6, 6.07) is 19.0. The molecule has 3 amide bonds. The van der Waals surface area contributed by atoms with Crippen LogP contribution >= 0.6 is 0 Å². The summed E-state index contributed by atoms with van der Waals surface area (Å²) in [6.45, 7) is 2.08. The summed E-state index contributed by atoms with van der Waals surface area (Å²) in [4.78, 5) is 51.3. The van der Waals surface area contributed by atoms with Gasteiger partial charge in [-0.25, -0.2) is 14.2 Å². The minimum atomic E-state index is -0.885. The Bertz CT molecular complexity index is 1790. The smallest absolute Gasteiger partial charge is 0.410 e. The van der Waals surface area contributed by atoms with Gasteiger partial charge in [0.2, 0.25) is 0 Å². The van der Waals surface area contributed by atoms with Crippen molar-refractivity contribution in [2.45, 2.75) is 32.0 Å². The molecule has 2 aromatic heterocycles. The summed E-state index contributed by atoms with van der Waals surface area (Å²) in [7, 11) is 0. The number of amides is 3.